The van der Waals surface area contributed by atoms with Crippen LogP contribution < -0.4 is 0 Å². The highest BCUT2D eigenvalue weighted by Crippen LogP contribution is 2.18. The van der Waals surface area contributed by atoms with Gasteiger partial charge in [-0.25, -0.2) is 9.18 Å². The van der Waals surface area contributed by atoms with Crippen LogP contribution in [0.25, 0.3) is 0 Å². The Hall–Kier alpha value is -2.11. The van der Waals surface area contributed by atoms with E-state index in [1.165, 1.54) is 17.0 Å². The SMILES string of the molecule is CC1CN(C(=O)OC(C)(C)C)CC(=O)N1Cc1ccc(F)cc1. The Morgan fingerprint density at radius 2 is 1.91 bits per heavy atom. The maximum Gasteiger partial charge on any atom is 0.410 e. The molecule has 0 saturated carbocycles. The lowest BCUT2D eigenvalue weighted by Gasteiger charge is -2.39. The minimum Gasteiger partial charge on any atom is -0.444 e. The van der Waals surface area contributed by atoms with Crippen LogP contribution in [0, 0.1) is 5.82 Å². The molecule has 23 heavy (non-hydrogen) atoms. The fourth-order valence-electron chi connectivity index (χ4n) is 2.48. The van der Waals surface area contributed by atoms with Gasteiger partial charge in [-0.3, -0.25) is 9.69 Å². The largest absolute Gasteiger partial charge is 0.444 e. The maximum atomic E-state index is 13.0. The highest BCUT2D eigenvalue weighted by atomic mass is 19.1. The molecule has 1 heterocycles. The lowest BCUT2D eigenvalue weighted by molar-refractivity contribution is -0.139. The predicted molar refractivity (Wildman–Crippen MR) is 84.2 cm³/mol. The molecule has 1 aromatic rings. The Labute approximate surface area is 136 Å². The summed E-state index contributed by atoms with van der Waals surface area (Å²) >= 11 is 0. The van der Waals surface area contributed by atoms with Crippen molar-refractivity contribution in [3.05, 3.63) is 35.6 Å². The lowest BCUT2D eigenvalue weighted by Crippen LogP contribution is -2.57. The normalized spacial score (nSPS) is 19.0. The van der Waals surface area contributed by atoms with Gasteiger partial charge in [0, 0.05) is 19.1 Å². The van der Waals surface area contributed by atoms with Crippen LogP contribution in [0.4, 0.5) is 9.18 Å². The maximum absolute atomic E-state index is 13.0. The van der Waals surface area contributed by atoms with E-state index < -0.39 is 11.7 Å². The summed E-state index contributed by atoms with van der Waals surface area (Å²) in [6, 6.07) is 5.95. The first-order chi connectivity index (χ1) is 10.7. The van der Waals surface area contributed by atoms with E-state index in [0.717, 1.165) is 5.56 Å². The zero-order valence-electron chi connectivity index (χ0n) is 14.0. The van der Waals surface area contributed by atoms with E-state index in [2.05, 4.69) is 0 Å². The molecule has 6 heteroatoms. The molecule has 0 N–H and O–H groups in total. The summed E-state index contributed by atoms with van der Waals surface area (Å²) in [5, 5.41) is 0. The van der Waals surface area contributed by atoms with E-state index in [1.807, 2.05) is 6.92 Å². The number of benzene rings is 1. The van der Waals surface area contributed by atoms with Crippen molar-refractivity contribution in [1.29, 1.82) is 0 Å². The van der Waals surface area contributed by atoms with Crippen molar-refractivity contribution >= 4 is 12.0 Å². The molecule has 5 nitrogen and oxygen atoms in total. The van der Waals surface area contributed by atoms with Crippen LogP contribution in [-0.4, -0.2) is 46.5 Å². The number of ether oxygens (including phenoxy) is 1. The second-order valence-corrected chi connectivity index (χ2v) is 6.86. The molecule has 126 valence electrons. The first kappa shape index (κ1) is 17.2. The molecule has 1 saturated heterocycles. The van der Waals surface area contributed by atoms with Crippen LogP contribution in [0.5, 0.6) is 0 Å². The van der Waals surface area contributed by atoms with Gasteiger partial charge in [-0.05, 0) is 45.4 Å². The van der Waals surface area contributed by atoms with E-state index in [9.17, 15) is 14.0 Å². The fourth-order valence-corrected chi connectivity index (χ4v) is 2.48. The zero-order chi connectivity index (χ0) is 17.2. The first-order valence-electron chi connectivity index (χ1n) is 7.67. The standard InChI is InChI=1S/C17H23FN2O3/c1-12-9-19(16(22)23-17(2,3)4)11-15(21)20(12)10-13-5-7-14(18)8-6-13/h5-8,12H,9-11H2,1-4H3. The second-order valence-electron chi connectivity index (χ2n) is 6.86. The van der Waals surface area contributed by atoms with Crippen LogP contribution in [-0.2, 0) is 16.1 Å². The third-order valence-corrected chi connectivity index (χ3v) is 3.58. The molecule has 2 amide bonds. The molecular formula is C17H23FN2O3. The zero-order valence-corrected chi connectivity index (χ0v) is 14.0. The fraction of sp³-hybridized carbons (Fsp3) is 0.529. The van der Waals surface area contributed by atoms with Gasteiger partial charge < -0.3 is 9.64 Å². The predicted octanol–water partition coefficient (Wildman–Crippen LogP) is 2.79. The lowest BCUT2D eigenvalue weighted by atomic mass is 10.1. The number of carbonyl (C=O) groups excluding carboxylic acids is 2. The number of hydrogen-bond acceptors (Lipinski definition) is 3. The molecule has 1 aliphatic heterocycles. The molecular weight excluding hydrogens is 299 g/mol. The molecule has 1 unspecified atom stereocenters. The smallest absolute Gasteiger partial charge is 0.410 e. The molecule has 1 fully saturated rings. The Balaban J connectivity index is 2.00. The van der Waals surface area contributed by atoms with Crippen molar-refractivity contribution in [2.45, 2.75) is 45.9 Å². The third kappa shape index (κ3) is 4.68. The summed E-state index contributed by atoms with van der Waals surface area (Å²) in [4.78, 5) is 27.6. The van der Waals surface area contributed by atoms with E-state index in [1.54, 1.807) is 37.8 Å². The molecule has 0 radical (unpaired) electrons. The summed E-state index contributed by atoms with van der Waals surface area (Å²) in [5.41, 5.74) is 0.270. The van der Waals surface area contributed by atoms with Gasteiger partial charge in [-0.15, -0.1) is 0 Å². The Kier molecular flexibility index (Phi) is 4.92. The minimum absolute atomic E-state index is 0.000444. The van der Waals surface area contributed by atoms with E-state index >= 15 is 0 Å². The monoisotopic (exact) mass is 322 g/mol. The summed E-state index contributed by atoms with van der Waals surface area (Å²) in [6.45, 7) is 8.09. The number of piperazine rings is 1. The van der Waals surface area contributed by atoms with Gasteiger partial charge in [0.25, 0.3) is 0 Å². The van der Waals surface area contributed by atoms with Crippen LogP contribution >= 0.6 is 0 Å². The first-order valence-corrected chi connectivity index (χ1v) is 7.67. The molecule has 1 aliphatic rings. The van der Waals surface area contributed by atoms with E-state index in [4.69, 9.17) is 4.74 Å². The Bertz CT molecular complexity index is 580. The molecule has 1 atom stereocenters. The van der Waals surface area contributed by atoms with Gasteiger partial charge in [-0.1, -0.05) is 12.1 Å². The molecule has 0 aromatic heterocycles. The molecule has 2 rings (SSSR count). The average Bonchev–Trinajstić information content (AvgIpc) is 2.42. The number of amides is 2. The van der Waals surface area contributed by atoms with Gasteiger partial charge >= 0.3 is 6.09 Å². The Morgan fingerprint density at radius 1 is 1.30 bits per heavy atom. The number of rotatable bonds is 2. The van der Waals surface area contributed by atoms with Crippen LogP contribution in [0.1, 0.15) is 33.3 Å². The summed E-state index contributed by atoms with van der Waals surface area (Å²) in [6.07, 6.45) is -0.473. The summed E-state index contributed by atoms with van der Waals surface area (Å²) in [5.74, 6) is -0.443. The van der Waals surface area contributed by atoms with Crippen molar-refractivity contribution in [2.75, 3.05) is 13.1 Å². The average molecular weight is 322 g/mol. The summed E-state index contributed by atoms with van der Waals surface area (Å²) in [7, 11) is 0. The minimum atomic E-state index is -0.589. The third-order valence-electron chi connectivity index (χ3n) is 3.58. The second kappa shape index (κ2) is 6.56. The van der Waals surface area contributed by atoms with Crippen molar-refractivity contribution in [1.82, 2.24) is 9.80 Å². The quantitative estimate of drug-likeness (QED) is 0.841. The van der Waals surface area contributed by atoms with Crippen molar-refractivity contribution < 1.29 is 18.7 Å². The number of hydrogen-bond donors (Lipinski definition) is 0. The van der Waals surface area contributed by atoms with Gasteiger partial charge in [0.1, 0.15) is 18.0 Å². The van der Waals surface area contributed by atoms with Crippen LogP contribution in [0.3, 0.4) is 0 Å². The highest BCUT2D eigenvalue weighted by Gasteiger charge is 2.34. The van der Waals surface area contributed by atoms with Gasteiger partial charge in [0.05, 0.1) is 0 Å². The molecule has 0 spiro atoms. The Morgan fingerprint density at radius 3 is 2.43 bits per heavy atom. The molecule has 0 bridgehead atoms. The van der Waals surface area contributed by atoms with Crippen molar-refractivity contribution in [2.24, 2.45) is 0 Å². The van der Waals surface area contributed by atoms with Crippen molar-refractivity contribution in [3.8, 4) is 0 Å². The van der Waals surface area contributed by atoms with Crippen molar-refractivity contribution in [3.63, 3.8) is 0 Å². The van der Waals surface area contributed by atoms with E-state index in [-0.39, 0.29) is 24.3 Å². The highest BCUT2D eigenvalue weighted by molar-refractivity contribution is 5.84. The van der Waals surface area contributed by atoms with Crippen LogP contribution in [0.15, 0.2) is 24.3 Å². The molecule has 1 aromatic carbocycles. The van der Waals surface area contributed by atoms with Gasteiger partial charge in [0.15, 0.2) is 0 Å². The molecule has 0 aliphatic carbocycles. The van der Waals surface area contributed by atoms with Crippen LogP contribution in [0.2, 0.25) is 0 Å². The topological polar surface area (TPSA) is 49.9 Å². The summed E-state index contributed by atoms with van der Waals surface area (Å²) < 4.78 is 18.3. The van der Waals surface area contributed by atoms with Gasteiger partial charge in [0.2, 0.25) is 5.91 Å². The number of carbonyl (C=O) groups is 2. The van der Waals surface area contributed by atoms with Gasteiger partial charge in [-0.2, -0.15) is 0 Å². The van der Waals surface area contributed by atoms with E-state index in [0.29, 0.717) is 13.1 Å². The number of halogens is 1. The number of nitrogens with zero attached hydrogens (tertiary/aromatic N) is 2.